The van der Waals surface area contributed by atoms with Crippen LogP contribution in [0.25, 0.3) is 5.65 Å². The van der Waals surface area contributed by atoms with Gasteiger partial charge in [0.05, 0.1) is 18.4 Å². The van der Waals surface area contributed by atoms with Crippen LogP contribution in [-0.2, 0) is 9.53 Å². The van der Waals surface area contributed by atoms with Gasteiger partial charge in [0.2, 0.25) is 0 Å². The van der Waals surface area contributed by atoms with Gasteiger partial charge in [-0.1, -0.05) is 23.2 Å². The van der Waals surface area contributed by atoms with Gasteiger partial charge in [0.1, 0.15) is 10.2 Å². The van der Waals surface area contributed by atoms with E-state index in [1.165, 1.54) is 11.6 Å². The Balaban J connectivity index is 2.73. The van der Waals surface area contributed by atoms with Crippen molar-refractivity contribution in [1.82, 2.24) is 14.6 Å². The SMILES string of the molecule is COC(=O)C(O)c1c(C)nc2c(Cl)c(C)nn2c1Cl. The summed E-state index contributed by atoms with van der Waals surface area (Å²) in [7, 11) is 1.18. The quantitative estimate of drug-likeness (QED) is 0.677. The van der Waals surface area contributed by atoms with E-state index in [0.29, 0.717) is 22.1 Å². The molecule has 2 rings (SSSR count). The molecular formula is C11H11Cl2N3O3. The van der Waals surface area contributed by atoms with Gasteiger partial charge in [-0.05, 0) is 13.8 Å². The van der Waals surface area contributed by atoms with E-state index in [9.17, 15) is 9.90 Å². The molecule has 0 radical (unpaired) electrons. The Kier molecular flexibility index (Phi) is 3.66. The third-order valence-corrected chi connectivity index (χ3v) is 3.54. The number of halogens is 2. The number of nitrogens with zero attached hydrogens (tertiary/aromatic N) is 3. The molecule has 0 spiro atoms. The number of hydrogen-bond acceptors (Lipinski definition) is 5. The molecule has 0 amide bonds. The highest BCUT2D eigenvalue weighted by atomic mass is 35.5. The van der Waals surface area contributed by atoms with Crippen LogP contribution in [0.1, 0.15) is 23.1 Å². The first-order chi connectivity index (χ1) is 8.88. The summed E-state index contributed by atoms with van der Waals surface area (Å²) in [4.78, 5) is 15.6. The minimum Gasteiger partial charge on any atom is -0.467 e. The van der Waals surface area contributed by atoms with Crippen molar-refractivity contribution in [3.63, 3.8) is 0 Å². The van der Waals surface area contributed by atoms with Crippen LogP contribution in [-0.4, -0.2) is 32.8 Å². The predicted octanol–water partition coefficient (Wildman–Crippen LogP) is 1.86. The number of aliphatic hydroxyl groups is 1. The standard InChI is InChI=1S/C11H11Cl2N3O3/c1-4-6(8(17)11(18)19-3)9(13)16-10(14-4)7(12)5(2)15-16/h8,17H,1-3H3. The maximum absolute atomic E-state index is 11.4. The van der Waals surface area contributed by atoms with Crippen LogP contribution >= 0.6 is 23.2 Å². The molecular weight excluding hydrogens is 293 g/mol. The number of rotatable bonds is 2. The lowest BCUT2D eigenvalue weighted by atomic mass is 10.1. The van der Waals surface area contributed by atoms with Crippen molar-refractivity contribution in [2.45, 2.75) is 20.0 Å². The van der Waals surface area contributed by atoms with E-state index < -0.39 is 12.1 Å². The van der Waals surface area contributed by atoms with E-state index in [4.69, 9.17) is 23.2 Å². The maximum atomic E-state index is 11.4. The van der Waals surface area contributed by atoms with Gasteiger partial charge in [-0.15, -0.1) is 0 Å². The second-order valence-corrected chi connectivity index (χ2v) is 4.70. The normalized spacial score (nSPS) is 12.7. The molecule has 0 aliphatic heterocycles. The lowest BCUT2D eigenvalue weighted by Crippen LogP contribution is -2.17. The summed E-state index contributed by atoms with van der Waals surface area (Å²) in [6.07, 6.45) is -1.52. The van der Waals surface area contributed by atoms with Gasteiger partial charge in [0.25, 0.3) is 0 Å². The number of carbonyl (C=O) groups excluding carboxylic acids is 1. The van der Waals surface area contributed by atoms with Crippen molar-refractivity contribution in [3.05, 3.63) is 27.1 Å². The van der Waals surface area contributed by atoms with E-state index in [2.05, 4.69) is 14.8 Å². The molecule has 19 heavy (non-hydrogen) atoms. The zero-order chi connectivity index (χ0) is 14.3. The molecule has 8 heteroatoms. The van der Waals surface area contributed by atoms with Crippen molar-refractivity contribution in [3.8, 4) is 0 Å². The van der Waals surface area contributed by atoms with Crippen molar-refractivity contribution in [2.75, 3.05) is 7.11 Å². The number of hydrogen-bond donors (Lipinski definition) is 1. The van der Waals surface area contributed by atoms with Crippen molar-refractivity contribution in [2.24, 2.45) is 0 Å². The minimum atomic E-state index is -1.52. The van der Waals surface area contributed by atoms with Gasteiger partial charge in [-0.25, -0.2) is 14.3 Å². The van der Waals surface area contributed by atoms with Crippen LogP contribution in [0.2, 0.25) is 10.2 Å². The Morgan fingerprint density at radius 2 is 2.00 bits per heavy atom. The summed E-state index contributed by atoms with van der Waals surface area (Å²) in [5.74, 6) is -0.818. The molecule has 2 heterocycles. The van der Waals surface area contributed by atoms with Crippen LogP contribution in [0.15, 0.2) is 0 Å². The van der Waals surface area contributed by atoms with Gasteiger partial charge >= 0.3 is 5.97 Å². The Bertz CT molecular complexity index is 669. The fraction of sp³-hybridized carbons (Fsp3) is 0.364. The largest absolute Gasteiger partial charge is 0.467 e. The van der Waals surface area contributed by atoms with E-state index in [1.807, 2.05) is 0 Å². The first-order valence-corrected chi connectivity index (χ1v) is 6.10. The average Bonchev–Trinajstić information content (AvgIpc) is 2.65. The summed E-state index contributed by atoms with van der Waals surface area (Å²) < 4.78 is 5.77. The molecule has 6 nitrogen and oxygen atoms in total. The Morgan fingerprint density at radius 1 is 1.37 bits per heavy atom. The Hall–Kier alpha value is -1.37. The molecule has 0 saturated heterocycles. The second-order valence-electron chi connectivity index (χ2n) is 3.96. The summed E-state index contributed by atoms with van der Waals surface area (Å²) in [6, 6.07) is 0. The fourth-order valence-corrected chi connectivity index (χ4v) is 2.27. The first-order valence-electron chi connectivity index (χ1n) is 5.35. The number of aryl methyl sites for hydroxylation is 2. The van der Waals surface area contributed by atoms with Crippen molar-refractivity contribution < 1.29 is 14.6 Å². The molecule has 102 valence electrons. The fourth-order valence-electron chi connectivity index (χ4n) is 1.75. The summed E-state index contributed by atoms with van der Waals surface area (Å²) in [5.41, 5.74) is 1.47. The molecule has 1 N–H and O–H groups in total. The molecule has 2 aromatic rings. The predicted molar refractivity (Wildman–Crippen MR) is 69.5 cm³/mol. The van der Waals surface area contributed by atoms with Crippen molar-refractivity contribution >= 4 is 34.8 Å². The first kappa shape index (κ1) is 14.0. The molecule has 0 bridgehead atoms. The van der Waals surface area contributed by atoms with Gasteiger partial charge in [0, 0.05) is 5.69 Å². The van der Waals surface area contributed by atoms with Crippen LogP contribution in [0.3, 0.4) is 0 Å². The Labute approximate surface area is 118 Å². The van der Waals surface area contributed by atoms with E-state index in [1.54, 1.807) is 13.8 Å². The van der Waals surface area contributed by atoms with Crippen LogP contribution < -0.4 is 0 Å². The Morgan fingerprint density at radius 3 is 2.58 bits per heavy atom. The topological polar surface area (TPSA) is 76.7 Å². The number of fused-ring (bicyclic) bond motifs is 1. The van der Waals surface area contributed by atoms with E-state index >= 15 is 0 Å². The van der Waals surface area contributed by atoms with Gasteiger partial charge in [0.15, 0.2) is 11.8 Å². The lowest BCUT2D eigenvalue weighted by Gasteiger charge is -2.13. The second kappa shape index (κ2) is 4.96. The molecule has 0 fully saturated rings. The zero-order valence-corrected chi connectivity index (χ0v) is 12.0. The molecule has 0 aliphatic carbocycles. The maximum Gasteiger partial charge on any atom is 0.339 e. The van der Waals surface area contributed by atoms with Crippen LogP contribution in [0, 0.1) is 13.8 Å². The van der Waals surface area contributed by atoms with Gasteiger partial charge < -0.3 is 9.84 Å². The number of methoxy groups -OCH3 is 1. The molecule has 1 atom stereocenters. The van der Waals surface area contributed by atoms with Crippen molar-refractivity contribution in [1.29, 1.82) is 0 Å². The number of esters is 1. The highest BCUT2D eigenvalue weighted by Crippen LogP contribution is 2.30. The number of carbonyl (C=O) groups is 1. The molecule has 0 aliphatic rings. The summed E-state index contributed by atoms with van der Waals surface area (Å²) >= 11 is 12.2. The zero-order valence-electron chi connectivity index (χ0n) is 10.4. The van der Waals surface area contributed by atoms with E-state index in [-0.39, 0.29) is 10.7 Å². The monoisotopic (exact) mass is 303 g/mol. The van der Waals surface area contributed by atoms with Crippen LogP contribution in [0.5, 0.6) is 0 Å². The third kappa shape index (κ3) is 2.16. The number of aromatic nitrogens is 3. The average molecular weight is 304 g/mol. The third-order valence-electron chi connectivity index (χ3n) is 2.73. The summed E-state index contributed by atoms with van der Waals surface area (Å²) in [5, 5.41) is 14.5. The molecule has 2 aromatic heterocycles. The highest BCUT2D eigenvalue weighted by Gasteiger charge is 2.27. The highest BCUT2D eigenvalue weighted by molar-refractivity contribution is 6.35. The van der Waals surface area contributed by atoms with Gasteiger partial charge in [-0.2, -0.15) is 5.10 Å². The molecule has 0 aromatic carbocycles. The molecule has 1 unspecified atom stereocenters. The smallest absolute Gasteiger partial charge is 0.339 e. The molecule has 0 saturated carbocycles. The van der Waals surface area contributed by atoms with Crippen LogP contribution in [0.4, 0.5) is 0 Å². The van der Waals surface area contributed by atoms with Gasteiger partial charge in [-0.3, -0.25) is 0 Å². The lowest BCUT2D eigenvalue weighted by molar-refractivity contribution is -0.150. The number of aliphatic hydroxyl groups excluding tert-OH is 1. The van der Waals surface area contributed by atoms with E-state index in [0.717, 1.165) is 0 Å². The summed E-state index contributed by atoms with van der Waals surface area (Å²) in [6.45, 7) is 3.32. The minimum absolute atomic E-state index is 0.0791. The number of ether oxygens (including phenoxy) is 1.